The smallest absolute Gasteiger partial charge is 0.251 e. The number of ether oxygens (including phenoxy) is 1. The number of nitrogens with one attached hydrogen (secondary N) is 1. The van der Waals surface area contributed by atoms with Gasteiger partial charge in [-0.1, -0.05) is 70.9 Å². The fraction of sp³-hybridized carbons (Fsp3) is 0.235. The van der Waals surface area contributed by atoms with Gasteiger partial charge < -0.3 is 19.9 Å². The molecule has 0 aliphatic carbocycles. The van der Waals surface area contributed by atoms with Gasteiger partial charge in [-0.25, -0.2) is 4.68 Å². The third-order valence-corrected chi connectivity index (χ3v) is 8.01. The number of halogens is 1. The van der Waals surface area contributed by atoms with Gasteiger partial charge in [-0.05, 0) is 66.6 Å². The number of para-hydroxylation sites is 1. The highest BCUT2D eigenvalue weighted by atomic mass is 35.5. The Kier molecular flexibility index (Phi) is 8.86. The van der Waals surface area contributed by atoms with Crippen molar-refractivity contribution in [2.24, 2.45) is 0 Å². The van der Waals surface area contributed by atoms with Crippen LogP contribution in [-0.4, -0.2) is 58.0 Å². The number of hydrogen-bond acceptors (Lipinski definition) is 6. The lowest BCUT2D eigenvalue weighted by Crippen LogP contribution is -2.42. The molecular weight excluding hydrogens is 576 g/mol. The van der Waals surface area contributed by atoms with Gasteiger partial charge in [0.05, 0.1) is 18.7 Å². The van der Waals surface area contributed by atoms with Crippen LogP contribution >= 0.6 is 11.6 Å². The maximum Gasteiger partial charge on any atom is 0.251 e. The van der Waals surface area contributed by atoms with Gasteiger partial charge in [0.15, 0.2) is 0 Å². The van der Waals surface area contributed by atoms with Crippen LogP contribution in [0.15, 0.2) is 97.1 Å². The fourth-order valence-electron chi connectivity index (χ4n) is 5.37. The fourth-order valence-corrected chi connectivity index (χ4v) is 5.50. The van der Waals surface area contributed by atoms with E-state index < -0.39 is 6.04 Å². The Hall–Kier alpha value is -4.73. The van der Waals surface area contributed by atoms with Crippen molar-refractivity contribution in [3.8, 4) is 0 Å². The van der Waals surface area contributed by atoms with Gasteiger partial charge in [0.25, 0.3) is 5.91 Å². The van der Waals surface area contributed by atoms with Crippen LogP contribution in [0.4, 0.5) is 11.4 Å². The molecule has 1 unspecified atom stereocenters. The summed E-state index contributed by atoms with van der Waals surface area (Å²) in [6.45, 7) is 5.12. The van der Waals surface area contributed by atoms with E-state index >= 15 is 0 Å². The molecule has 10 heteroatoms. The minimum Gasteiger partial charge on any atom is -0.378 e. The number of rotatable bonds is 9. The Morgan fingerprint density at radius 1 is 0.932 bits per heavy atom. The molecule has 0 radical (unpaired) electrons. The van der Waals surface area contributed by atoms with Crippen LogP contribution < -0.4 is 10.2 Å². The molecule has 0 spiro atoms. The molecule has 1 aromatic heterocycles. The van der Waals surface area contributed by atoms with Crippen molar-refractivity contribution >= 4 is 45.8 Å². The first-order valence-electron chi connectivity index (χ1n) is 14.6. The summed E-state index contributed by atoms with van der Waals surface area (Å²) in [7, 11) is 0. The molecule has 0 bridgehead atoms. The number of anilines is 2. The standard InChI is InChI=1S/C34H33ClN6O3/c1-24-6-10-26(11-7-24)33(34(43)36-28-14-16-29(17-15-28)39-18-20-44-21-19-39)40(22-25-8-12-27(35)13-9-25)32(42)23-41-31-5-3-2-4-30(31)37-38-41/h2-17,33H,18-23H2,1H3,(H,36,43). The molecule has 1 aliphatic heterocycles. The summed E-state index contributed by atoms with van der Waals surface area (Å²) in [6.07, 6.45) is 0. The number of fused-ring (bicyclic) bond motifs is 1. The maximum atomic E-state index is 14.2. The van der Waals surface area contributed by atoms with E-state index in [0.29, 0.717) is 35.0 Å². The molecule has 1 aliphatic rings. The van der Waals surface area contributed by atoms with Crippen LogP contribution in [0.2, 0.25) is 5.02 Å². The molecule has 2 heterocycles. The predicted octanol–water partition coefficient (Wildman–Crippen LogP) is 5.64. The molecule has 5 aromatic rings. The zero-order valence-corrected chi connectivity index (χ0v) is 25.2. The summed E-state index contributed by atoms with van der Waals surface area (Å²) in [5, 5.41) is 12.1. The second-order valence-electron chi connectivity index (χ2n) is 10.8. The molecule has 224 valence electrons. The second kappa shape index (κ2) is 13.3. The summed E-state index contributed by atoms with van der Waals surface area (Å²) < 4.78 is 7.04. The van der Waals surface area contributed by atoms with Crippen molar-refractivity contribution in [2.75, 3.05) is 36.5 Å². The summed E-state index contributed by atoms with van der Waals surface area (Å²) >= 11 is 6.16. The molecule has 44 heavy (non-hydrogen) atoms. The average molecular weight is 609 g/mol. The van der Waals surface area contributed by atoms with Crippen molar-refractivity contribution in [3.05, 3.63) is 119 Å². The topological polar surface area (TPSA) is 92.6 Å². The molecule has 2 amide bonds. The van der Waals surface area contributed by atoms with E-state index in [1.807, 2.05) is 91.9 Å². The van der Waals surface area contributed by atoms with Crippen molar-refractivity contribution in [1.82, 2.24) is 19.9 Å². The minimum absolute atomic E-state index is 0.0853. The Labute approximate surface area is 261 Å². The number of aromatic nitrogens is 3. The highest BCUT2D eigenvalue weighted by molar-refractivity contribution is 6.30. The molecule has 1 saturated heterocycles. The Bertz CT molecular complexity index is 1730. The molecular formula is C34H33ClN6O3. The summed E-state index contributed by atoms with van der Waals surface area (Å²) in [4.78, 5) is 32.3. The Morgan fingerprint density at radius 2 is 1.64 bits per heavy atom. The van der Waals surface area contributed by atoms with E-state index in [-0.39, 0.29) is 24.9 Å². The van der Waals surface area contributed by atoms with Crippen LogP contribution in [0.3, 0.4) is 0 Å². The van der Waals surface area contributed by atoms with Crippen LogP contribution in [0, 0.1) is 6.92 Å². The molecule has 1 fully saturated rings. The van der Waals surface area contributed by atoms with E-state index in [2.05, 4.69) is 20.5 Å². The van der Waals surface area contributed by atoms with Gasteiger partial charge in [0, 0.05) is 36.0 Å². The highest BCUT2D eigenvalue weighted by Gasteiger charge is 2.32. The van der Waals surface area contributed by atoms with Crippen molar-refractivity contribution in [3.63, 3.8) is 0 Å². The highest BCUT2D eigenvalue weighted by Crippen LogP contribution is 2.28. The quantitative estimate of drug-likeness (QED) is 0.233. The maximum absolute atomic E-state index is 14.2. The van der Waals surface area contributed by atoms with E-state index in [9.17, 15) is 9.59 Å². The van der Waals surface area contributed by atoms with Gasteiger partial charge >= 0.3 is 0 Å². The van der Waals surface area contributed by atoms with Crippen molar-refractivity contribution in [2.45, 2.75) is 26.1 Å². The number of carbonyl (C=O) groups excluding carboxylic acids is 2. The largest absolute Gasteiger partial charge is 0.378 e. The van der Waals surface area contributed by atoms with Crippen LogP contribution in [-0.2, 0) is 27.4 Å². The SMILES string of the molecule is Cc1ccc(C(C(=O)Nc2ccc(N3CCOCC3)cc2)N(Cc2ccc(Cl)cc2)C(=O)Cn2nnc3ccccc32)cc1. The van der Waals surface area contributed by atoms with Gasteiger partial charge in [-0.2, -0.15) is 0 Å². The molecule has 6 rings (SSSR count). The Balaban J connectivity index is 1.33. The summed E-state index contributed by atoms with van der Waals surface area (Å²) in [5.41, 5.74) is 5.74. The van der Waals surface area contributed by atoms with Crippen molar-refractivity contribution < 1.29 is 14.3 Å². The van der Waals surface area contributed by atoms with E-state index in [1.54, 1.807) is 21.7 Å². The number of hydrogen-bond donors (Lipinski definition) is 1. The lowest BCUT2D eigenvalue weighted by molar-refractivity contribution is -0.140. The number of benzene rings is 4. The van der Waals surface area contributed by atoms with Crippen molar-refractivity contribution in [1.29, 1.82) is 0 Å². The normalized spacial score (nSPS) is 13.9. The summed E-state index contributed by atoms with van der Waals surface area (Å²) in [6, 6.07) is 29.3. The van der Waals surface area contributed by atoms with E-state index in [0.717, 1.165) is 35.4 Å². The average Bonchev–Trinajstić information content (AvgIpc) is 3.46. The van der Waals surface area contributed by atoms with Gasteiger partial charge in [-0.15, -0.1) is 5.10 Å². The third-order valence-electron chi connectivity index (χ3n) is 7.76. The zero-order chi connectivity index (χ0) is 30.5. The first-order chi connectivity index (χ1) is 21.4. The number of carbonyl (C=O) groups is 2. The number of amides is 2. The van der Waals surface area contributed by atoms with Gasteiger partial charge in [-0.3, -0.25) is 9.59 Å². The lowest BCUT2D eigenvalue weighted by Gasteiger charge is -2.32. The number of aryl methyl sites for hydroxylation is 1. The van der Waals surface area contributed by atoms with E-state index in [4.69, 9.17) is 16.3 Å². The molecule has 1 atom stereocenters. The second-order valence-corrected chi connectivity index (χ2v) is 11.3. The van der Waals surface area contributed by atoms with Gasteiger partial charge in [0.2, 0.25) is 5.91 Å². The molecule has 1 N–H and O–H groups in total. The third kappa shape index (κ3) is 6.74. The first-order valence-corrected chi connectivity index (χ1v) is 14.9. The zero-order valence-electron chi connectivity index (χ0n) is 24.4. The first kappa shape index (κ1) is 29.3. The molecule has 4 aromatic carbocycles. The van der Waals surface area contributed by atoms with E-state index in [1.165, 1.54) is 0 Å². The minimum atomic E-state index is -0.924. The van der Waals surface area contributed by atoms with Crippen LogP contribution in [0.1, 0.15) is 22.7 Å². The summed E-state index contributed by atoms with van der Waals surface area (Å²) in [5.74, 6) is -0.599. The predicted molar refractivity (Wildman–Crippen MR) is 172 cm³/mol. The van der Waals surface area contributed by atoms with Gasteiger partial charge in [0.1, 0.15) is 18.1 Å². The molecule has 0 saturated carbocycles. The lowest BCUT2D eigenvalue weighted by atomic mass is 10.0. The Morgan fingerprint density at radius 3 is 2.36 bits per heavy atom. The monoisotopic (exact) mass is 608 g/mol. The van der Waals surface area contributed by atoms with Crippen LogP contribution in [0.5, 0.6) is 0 Å². The van der Waals surface area contributed by atoms with Crippen LogP contribution in [0.25, 0.3) is 11.0 Å². The number of nitrogens with zero attached hydrogens (tertiary/aromatic N) is 5. The molecule has 9 nitrogen and oxygen atoms in total. The number of morpholine rings is 1.